The lowest BCUT2D eigenvalue weighted by Crippen LogP contribution is -2.39. The van der Waals surface area contributed by atoms with Gasteiger partial charge in [0, 0.05) is 12.7 Å². The monoisotopic (exact) mass is 313 g/mol. The molecule has 120 valence electrons. The molecule has 0 bridgehead atoms. The third-order valence-electron chi connectivity index (χ3n) is 3.01. The van der Waals surface area contributed by atoms with E-state index in [4.69, 9.17) is 4.74 Å². The third kappa shape index (κ3) is 5.52. The van der Waals surface area contributed by atoms with Crippen molar-refractivity contribution in [3.05, 3.63) is 65.5 Å². The van der Waals surface area contributed by atoms with Crippen LogP contribution >= 0.6 is 0 Å². The lowest BCUT2D eigenvalue weighted by molar-refractivity contribution is 0.0961. The lowest BCUT2D eigenvalue weighted by atomic mass is 10.2. The van der Waals surface area contributed by atoms with Crippen molar-refractivity contribution in [3.63, 3.8) is 0 Å². The Labute approximate surface area is 134 Å². The van der Waals surface area contributed by atoms with Crippen LogP contribution in [0.4, 0.5) is 4.79 Å². The highest BCUT2D eigenvalue weighted by Crippen LogP contribution is 2.05. The molecule has 6 heteroatoms. The van der Waals surface area contributed by atoms with Gasteiger partial charge in [-0.05, 0) is 24.6 Å². The number of nitrogens with one attached hydrogen (secondary N) is 2. The topological polar surface area (TPSA) is 80.3 Å². The number of carbonyl (C=O) groups is 2. The fourth-order valence-electron chi connectivity index (χ4n) is 1.87. The van der Waals surface area contributed by atoms with Gasteiger partial charge in [0.25, 0.3) is 5.91 Å². The quantitative estimate of drug-likeness (QED) is 0.857. The maximum atomic E-state index is 11.8. The van der Waals surface area contributed by atoms with E-state index in [1.165, 1.54) is 6.20 Å². The highest BCUT2D eigenvalue weighted by atomic mass is 16.5. The van der Waals surface area contributed by atoms with Crippen LogP contribution in [-0.4, -0.2) is 23.5 Å². The first-order valence-electron chi connectivity index (χ1n) is 7.35. The molecule has 2 rings (SSSR count). The van der Waals surface area contributed by atoms with Crippen molar-refractivity contribution in [2.45, 2.75) is 20.1 Å². The normalized spacial score (nSPS) is 10.1. The van der Waals surface area contributed by atoms with Gasteiger partial charge in [0.15, 0.2) is 0 Å². The third-order valence-corrected chi connectivity index (χ3v) is 3.01. The zero-order chi connectivity index (χ0) is 16.5. The first-order chi connectivity index (χ1) is 11.2. The molecule has 0 atom stereocenters. The van der Waals surface area contributed by atoms with Gasteiger partial charge in [-0.3, -0.25) is 15.1 Å². The van der Waals surface area contributed by atoms with Gasteiger partial charge in [-0.15, -0.1) is 0 Å². The molecule has 0 aliphatic carbocycles. The predicted octanol–water partition coefficient (Wildman–Crippen LogP) is 2.26. The fourth-order valence-corrected chi connectivity index (χ4v) is 1.87. The van der Waals surface area contributed by atoms with Gasteiger partial charge >= 0.3 is 6.03 Å². The molecular weight excluding hydrogens is 294 g/mol. The molecule has 0 fully saturated rings. The summed E-state index contributed by atoms with van der Waals surface area (Å²) in [5.74, 6) is -0.486. The number of ether oxygens (including phenoxy) is 1. The minimum absolute atomic E-state index is 0.322. The summed E-state index contributed by atoms with van der Waals surface area (Å²) in [5.41, 5.74) is 2.13. The molecule has 0 saturated heterocycles. The molecule has 0 radical (unpaired) electrons. The van der Waals surface area contributed by atoms with Crippen LogP contribution in [0, 0.1) is 0 Å². The number of hydrogen-bond acceptors (Lipinski definition) is 4. The molecule has 2 aromatic rings. The van der Waals surface area contributed by atoms with E-state index < -0.39 is 11.9 Å². The summed E-state index contributed by atoms with van der Waals surface area (Å²) in [5, 5.41) is 4.71. The second-order valence-electron chi connectivity index (χ2n) is 4.83. The average molecular weight is 313 g/mol. The predicted molar refractivity (Wildman–Crippen MR) is 85.7 cm³/mol. The lowest BCUT2D eigenvalue weighted by Gasteiger charge is -2.06. The number of urea groups is 1. The first kappa shape index (κ1) is 16.6. The molecule has 0 spiro atoms. The zero-order valence-electron chi connectivity index (χ0n) is 12.9. The number of aromatic nitrogens is 1. The largest absolute Gasteiger partial charge is 0.370 e. The van der Waals surface area contributed by atoms with E-state index in [1.807, 2.05) is 30.3 Å². The van der Waals surface area contributed by atoms with Crippen molar-refractivity contribution in [2.24, 2.45) is 0 Å². The number of amides is 3. The maximum Gasteiger partial charge on any atom is 0.321 e. The van der Waals surface area contributed by atoms with E-state index in [0.717, 1.165) is 11.3 Å². The van der Waals surface area contributed by atoms with E-state index in [2.05, 4.69) is 15.6 Å². The van der Waals surface area contributed by atoms with E-state index in [-0.39, 0.29) is 0 Å². The summed E-state index contributed by atoms with van der Waals surface area (Å²) in [7, 11) is 0. The van der Waals surface area contributed by atoms with Gasteiger partial charge in [-0.1, -0.05) is 30.3 Å². The van der Waals surface area contributed by atoms with Crippen LogP contribution in [0.5, 0.6) is 0 Å². The Balaban J connectivity index is 1.82. The Bertz CT molecular complexity index is 642. The number of rotatable bonds is 6. The highest BCUT2D eigenvalue weighted by molar-refractivity contribution is 6.03. The molecule has 3 amide bonds. The number of carbonyl (C=O) groups excluding carboxylic acids is 2. The second kappa shape index (κ2) is 8.65. The molecule has 1 aromatic carbocycles. The molecule has 0 aliphatic rings. The van der Waals surface area contributed by atoms with Gasteiger partial charge in [0.1, 0.15) is 0 Å². The second-order valence-corrected chi connectivity index (χ2v) is 4.83. The minimum atomic E-state index is -0.521. The number of hydrogen-bond donors (Lipinski definition) is 2. The number of pyridine rings is 1. The molecule has 23 heavy (non-hydrogen) atoms. The van der Waals surface area contributed by atoms with Crippen LogP contribution in [0.2, 0.25) is 0 Å². The SMILES string of the molecule is CCNC(=O)NC(=O)c1ccc(COCc2ccccc2)nc1. The Morgan fingerprint density at radius 2 is 1.87 bits per heavy atom. The van der Waals surface area contributed by atoms with E-state index in [0.29, 0.717) is 25.3 Å². The van der Waals surface area contributed by atoms with Crippen LogP contribution in [0.15, 0.2) is 48.7 Å². The molecule has 6 nitrogen and oxygen atoms in total. The zero-order valence-corrected chi connectivity index (χ0v) is 12.9. The van der Waals surface area contributed by atoms with Gasteiger partial charge in [-0.25, -0.2) is 4.79 Å². The van der Waals surface area contributed by atoms with E-state index in [1.54, 1.807) is 19.1 Å². The van der Waals surface area contributed by atoms with Gasteiger partial charge in [0.2, 0.25) is 0 Å². The van der Waals surface area contributed by atoms with Crippen LogP contribution in [0.25, 0.3) is 0 Å². The van der Waals surface area contributed by atoms with Gasteiger partial charge < -0.3 is 10.1 Å². The van der Waals surface area contributed by atoms with Crippen LogP contribution in [0.3, 0.4) is 0 Å². The summed E-state index contributed by atoms with van der Waals surface area (Å²) in [6.07, 6.45) is 1.43. The molecule has 1 heterocycles. The summed E-state index contributed by atoms with van der Waals surface area (Å²) in [6, 6.07) is 12.6. The van der Waals surface area contributed by atoms with Crippen molar-refractivity contribution in [3.8, 4) is 0 Å². The van der Waals surface area contributed by atoms with Crippen molar-refractivity contribution in [1.82, 2.24) is 15.6 Å². The Hall–Kier alpha value is -2.73. The standard InChI is InChI=1S/C17H19N3O3/c1-2-18-17(22)20-16(21)14-8-9-15(19-10-14)12-23-11-13-6-4-3-5-7-13/h3-10H,2,11-12H2,1H3,(H2,18,20,21,22). The molecule has 0 unspecified atom stereocenters. The summed E-state index contributed by atoms with van der Waals surface area (Å²) >= 11 is 0. The Morgan fingerprint density at radius 3 is 2.52 bits per heavy atom. The summed E-state index contributed by atoms with van der Waals surface area (Å²) < 4.78 is 5.58. The number of imide groups is 1. The summed E-state index contributed by atoms with van der Waals surface area (Å²) in [6.45, 7) is 3.08. The first-order valence-corrected chi connectivity index (χ1v) is 7.35. The van der Waals surface area contributed by atoms with Crippen LogP contribution in [0.1, 0.15) is 28.5 Å². The highest BCUT2D eigenvalue weighted by Gasteiger charge is 2.09. The van der Waals surface area contributed by atoms with Crippen molar-refractivity contribution in [2.75, 3.05) is 6.54 Å². The van der Waals surface area contributed by atoms with Crippen molar-refractivity contribution < 1.29 is 14.3 Å². The molecule has 1 aromatic heterocycles. The molecular formula is C17H19N3O3. The minimum Gasteiger partial charge on any atom is -0.370 e. The smallest absolute Gasteiger partial charge is 0.321 e. The molecule has 0 aliphatic heterocycles. The number of nitrogens with zero attached hydrogens (tertiary/aromatic N) is 1. The molecule has 0 saturated carbocycles. The Kier molecular flexibility index (Phi) is 6.26. The van der Waals surface area contributed by atoms with Crippen LogP contribution < -0.4 is 10.6 Å². The van der Waals surface area contributed by atoms with E-state index >= 15 is 0 Å². The van der Waals surface area contributed by atoms with Crippen molar-refractivity contribution >= 4 is 11.9 Å². The molecule has 2 N–H and O–H groups in total. The van der Waals surface area contributed by atoms with E-state index in [9.17, 15) is 9.59 Å². The van der Waals surface area contributed by atoms with Gasteiger partial charge in [0.05, 0.1) is 24.5 Å². The fraction of sp³-hybridized carbons (Fsp3) is 0.235. The van der Waals surface area contributed by atoms with Crippen molar-refractivity contribution in [1.29, 1.82) is 0 Å². The van der Waals surface area contributed by atoms with Crippen LogP contribution in [-0.2, 0) is 18.0 Å². The van der Waals surface area contributed by atoms with Gasteiger partial charge in [-0.2, -0.15) is 0 Å². The summed E-state index contributed by atoms with van der Waals surface area (Å²) in [4.78, 5) is 27.3. The maximum absolute atomic E-state index is 11.8. The number of benzene rings is 1. The average Bonchev–Trinajstić information content (AvgIpc) is 2.56. The Morgan fingerprint density at radius 1 is 1.09 bits per heavy atom.